The molecule has 0 spiro atoms. The quantitative estimate of drug-likeness (QED) is 0.534. The van der Waals surface area contributed by atoms with Crippen molar-refractivity contribution in [3.05, 3.63) is 48.6 Å². The molecule has 0 unspecified atom stereocenters. The molecule has 0 aromatic heterocycles. The summed E-state index contributed by atoms with van der Waals surface area (Å²) in [6.45, 7) is 11.6. The molecular weight excluding hydrogens is 132 g/mol. The highest BCUT2D eigenvalue weighted by Gasteiger charge is 1.79. The lowest BCUT2D eigenvalue weighted by molar-refractivity contribution is 1.16. The first kappa shape index (κ1) is 9.96. The smallest absolute Gasteiger partial charge is 0.0313 e. The van der Waals surface area contributed by atoms with Gasteiger partial charge in [0, 0.05) is 0 Å². The van der Waals surface area contributed by atoms with Crippen molar-refractivity contribution < 1.29 is 0 Å². The first-order valence-corrected chi connectivity index (χ1v) is 3.86. The molecule has 0 bridgehead atoms. The summed E-state index contributed by atoms with van der Waals surface area (Å²) in [5.41, 5.74) is 2.32. The molecule has 0 heteroatoms. The van der Waals surface area contributed by atoms with Crippen LogP contribution in [-0.2, 0) is 0 Å². The van der Waals surface area contributed by atoms with E-state index in [9.17, 15) is 0 Å². The minimum absolute atomic E-state index is 1.01. The predicted molar refractivity (Wildman–Crippen MR) is 52.5 cm³/mol. The highest BCUT2D eigenvalue weighted by molar-refractivity contribution is 5.24. The highest BCUT2D eigenvalue weighted by atomic mass is 13.9. The lowest BCUT2D eigenvalue weighted by Gasteiger charge is -1.89. The summed E-state index contributed by atoms with van der Waals surface area (Å²) < 4.78 is 0. The third-order valence-corrected chi connectivity index (χ3v) is 1.47. The second kappa shape index (κ2) is 5.72. The zero-order chi connectivity index (χ0) is 8.69. The van der Waals surface area contributed by atoms with Gasteiger partial charge >= 0.3 is 0 Å². The molecule has 0 saturated heterocycles. The molecule has 0 N–H and O–H groups in total. The Hall–Kier alpha value is -1.04. The molecule has 0 nitrogen and oxygen atoms in total. The van der Waals surface area contributed by atoms with E-state index in [1.54, 1.807) is 0 Å². The lowest BCUT2D eigenvalue weighted by Crippen LogP contribution is -1.68. The van der Waals surface area contributed by atoms with Crippen molar-refractivity contribution in [2.24, 2.45) is 0 Å². The number of hydrogen-bond acceptors (Lipinski definition) is 0. The molecule has 0 radical (unpaired) electrons. The molecule has 0 aliphatic carbocycles. The van der Waals surface area contributed by atoms with Gasteiger partial charge in [-0.25, -0.2) is 0 Å². The van der Waals surface area contributed by atoms with Crippen LogP contribution in [0.15, 0.2) is 48.6 Å². The van der Waals surface area contributed by atoms with Crippen molar-refractivity contribution in [2.45, 2.75) is 20.3 Å². The molecule has 0 aromatic rings. The van der Waals surface area contributed by atoms with Crippen LogP contribution in [0, 0.1) is 0 Å². The molecule has 0 aliphatic rings. The van der Waals surface area contributed by atoms with Crippen molar-refractivity contribution in [1.29, 1.82) is 0 Å². The maximum Gasteiger partial charge on any atom is -0.0313 e. The van der Waals surface area contributed by atoms with E-state index in [0.717, 1.165) is 12.0 Å². The average Bonchev–Trinajstić information content (AvgIpc) is 2.04. The molecule has 0 aliphatic heterocycles. The summed E-state index contributed by atoms with van der Waals surface area (Å²) in [6.07, 6.45) is 8.89. The Morgan fingerprint density at radius 1 is 1.45 bits per heavy atom. The normalized spacial score (nSPS) is 12.0. The Kier molecular flexibility index (Phi) is 5.18. The van der Waals surface area contributed by atoms with Crippen molar-refractivity contribution >= 4 is 0 Å². The monoisotopic (exact) mass is 148 g/mol. The van der Waals surface area contributed by atoms with Crippen LogP contribution < -0.4 is 0 Å². The Morgan fingerprint density at radius 2 is 2.09 bits per heavy atom. The van der Waals surface area contributed by atoms with Crippen LogP contribution in [0.5, 0.6) is 0 Å². The number of rotatable bonds is 4. The Labute approximate surface area is 69.6 Å². The third-order valence-electron chi connectivity index (χ3n) is 1.47. The number of hydrogen-bond donors (Lipinski definition) is 0. The standard InChI is InChI=1S/C11H16/c1-5-10(3)8-7-9-11(4)6-2/h5,7-9H,1,4,6H2,2-3H3. The van der Waals surface area contributed by atoms with Crippen LogP contribution in [0.4, 0.5) is 0 Å². The van der Waals surface area contributed by atoms with Crippen LogP contribution in [0.25, 0.3) is 0 Å². The van der Waals surface area contributed by atoms with Gasteiger partial charge in [-0.05, 0) is 13.3 Å². The van der Waals surface area contributed by atoms with E-state index in [2.05, 4.69) is 20.1 Å². The van der Waals surface area contributed by atoms with E-state index in [1.807, 2.05) is 31.2 Å². The minimum atomic E-state index is 1.01. The second-order valence-electron chi connectivity index (χ2n) is 2.49. The largest absolute Gasteiger partial charge is 0.0988 e. The van der Waals surface area contributed by atoms with Crippen LogP contribution >= 0.6 is 0 Å². The molecular formula is C11H16. The summed E-state index contributed by atoms with van der Waals surface area (Å²) in [5.74, 6) is 0. The molecule has 0 heterocycles. The first-order chi connectivity index (χ1) is 5.20. The Morgan fingerprint density at radius 3 is 2.55 bits per heavy atom. The van der Waals surface area contributed by atoms with E-state index >= 15 is 0 Å². The molecule has 11 heavy (non-hydrogen) atoms. The maximum absolute atomic E-state index is 3.85. The third kappa shape index (κ3) is 5.41. The van der Waals surface area contributed by atoms with Gasteiger partial charge in [-0.15, -0.1) is 0 Å². The van der Waals surface area contributed by atoms with Gasteiger partial charge in [-0.1, -0.05) is 55.5 Å². The van der Waals surface area contributed by atoms with Crippen molar-refractivity contribution in [2.75, 3.05) is 0 Å². The van der Waals surface area contributed by atoms with Crippen molar-refractivity contribution in [3.63, 3.8) is 0 Å². The van der Waals surface area contributed by atoms with Crippen LogP contribution in [0.1, 0.15) is 20.3 Å². The van der Waals surface area contributed by atoms with E-state index in [4.69, 9.17) is 0 Å². The zero-order valence-corrected chi connectivity index (χ0v) is 7.43. The highest BCUT2D eigenvalue weighted by Crippen LogP contribution is 1.99. The van der Waals surface area contributed by atoms with E-state index in [0.29, 0.717) is 0 Å². The number of allylic oxidation sites excluding steroid dienone is 6. The maximum atomic E-state index is 3.85. The fourth-order valence-corrected chi connectivity index (χ4v) is 0.522. The fourth-order valence-electron chi connectivity index (χ4n) is 0.522. The van der Waals surface area contributed by atoms with Gasteiger partial charge in [0.1, 0.15) is 0 Å². The van der Waals surface area contributed by atoms with Gasteiger partial charge in [-0.2, -0.15) is 0 Å². The lowest BCUT2D eigenvalue weighted by atomic mass is 10.2. The summed E-state index contributed by atoms with van der Waals surface area (Å²) in [5, 5.41) is 0. The van der Waals surface area contributed by atoms with Gasteiger partial charge in [0.15, 0.2) is 0 Å². The van der Waals surface area contributed by atoms with Gasteiger partial charge in [0.05, 0.1) is 0 Å². The zero-order valence-electron chi connectivity index (χ0n) is 7.43. The van der Waals surface area contributed by atoms with E-state index in [-0.39, 0.29) is 0 Å². The SMILES string of the molecule is C=CC(C)=CC=CC(=C)CC. The fraction of sp³-hybridized carbons (Fsp3) is 0.273. The van der Waals surface area contributed by atoms with E-state index < -0.39 is 0 Å². The minimum Gasteiger partial charge on any atom is -0.0988 e. The van der Waals surface area contributed by atoms with E-state index in [1.165, 1.54) is 5.57 Å². The van der Waals surface area contributed by atoms with Crippen LogP contribution in [0.2, 0.25) is 0 Å². The first-order valence-electron chi connectivity index (χ1n) is 3.86. The summed E-state index contributed by atoms with van der Waals surface area (Å²) in [6, 6.07) is 0. The molecule has 0 amide bonds. The van der Waals surface area contributed by atoms with Crippen LogP contribution in [-0.4, -0.2) is 0 Å². The average molecular weight is 148 g/mol. The van der Waals surface area contributed by atoms with Gasteiger partial charge in [0.25, 0.3) is 0 Å². The topological polar surface area (TPSA) is 0 Å². The molecule has 0 aromatic carbocycles. The van der Waals surface area contributed by atoms with Crippen LogP contribution in [0.3, 0.4) is 0 Å². The molecule has 0 fully saturated rings. The molecule has 60 valence electrons. The molecule has 0 rings (SSSR count). The van der Waals surface area contributed by atoms with Gasteiger partial charge in [-0.3, -0.25) is 0 Å². The van der Waals surface area contributed by atoms with Crippen molar-refractivity contribution in [1.82, 2.24) is 0 Å². The summed E-state index contributed by atoms with van der Waals surface area (Å²) in [4.78, 5) is 0. The van der Waals surface area contributed by atoms with Crippen molar-refractivity contribution in [3.8, 4) is 0 Å². The molecule has 0 saturated carbocycles. The second-order valence-corrected chi connectivity index (χ2v) is 2.49. The summed E-state index contributed by atoms with van der Waals surface area (Å²) in [7, 11) is 0. The Bertz CT molecular complexity index is 192. The Balaban J connectivity index is 3.95. The predicted octanol–water partition coefficient (Wildman–Crippen LogP) is 3.64. The van der Waals surface area contributed by atoms with Gasteiger partial charge in [0.2, 0.25) is 0 Å². The van der Waals surface area contributed by atoms with Gasteiger partial charge < -0.3 is 0 Å². The summed E-state index contributed by atoms with van der Waals surface area (Å²) >= 11 is 0. The molecule has 0 atom stereocenters.